The first kappa shape index (κ1) is 18.7. The van der Waals surface area contributed by atoms with Crippen LogP contribution < -0.4 is 5.43 Å². The van der Waals surface area contributed by atoms with Gasteiger partial charge in [0, 0.05) is 29.3 Å². The lowest BCUT2D eigenvalue weighted by atomic mass is 10.1. The van der Waals surface area contributed by atoms with Crippen molar-refractivity contribution in [2.75, 3.05) is 5.43 Å². The van der Waals surface area contributed by atoms with Crippen LogP contribution in [0.15, 0.2) is 65.8 Å². The predicted molar refractivity (Wildman–Crippen MR) is 108 cm³/mol. The normalized spacial score (nSPS) is 12.9. The molecular weight excluding hydrogens is 394 g/mol. The van der Waals surface area contributed by atoms with Gasteiger partial charge in [-0.3, -0.25) is 35.8 Å². The molecule has 0 saturated carbocycles. The van der Waals surface area contributed by atoms with E-state index in [-0.39, 0.29) is 11.4 Å². The van der Waals surface area contributed by atoms with Crippen LogP contribution in [0, 0.1) is 30.3 Å². The quantitative estimate of drug-likeness (QED) is 0.384. The highest BCUT2D eigenvalue weighted by Crippen LogP contribution is 2.39. The monoisotopic (exact) mass is 405 g/mol. The molecule has 0 aliphatic heterocycles. The molecule has 30 heavy (non-hydrogen) atoms. The fourth-order valence-electron chi connectivity index (χ4n) is 3.26. The summed E-state index contributed by atoms with van der Waals surface area (Å²) in [5.41, 5.74) is 4.63. The third-order valence-corrected chi connectivity index (χ3v) is 4.62. The standard InChI is InChI=1S/C19H11N5O6/c25-22(26)11-5-7-14-13-3-1-2-4-15(13)19(16(14)9-11)21-20-17-8-6-12(23(27)28)10-18(17)24(29)30/h1-10,20H. The van der Waals surface area contributed by atoms with Crippen molar-refractivity contribution in [3.63, 3.8) is 0 Å². The molecule has 4 rings (SSSR count). The molecule has 0 fully saturated rings. The lowest BCUT2D eigenvalue weighted by Crippen LogP contribution is -2.05. The predicted octanol–water partition coefficient (Wildman–Crippen LogP) is 4.26. The summed E-state index contributed by atoms with van der Waals surface area (Å²) in [5.74, 6) is 0. The lowest BCUT2D eigenvalue weighted by molar-refractivity contribution is -0.393. The number of nitrogens with zero attached hydrogens (tertiary/aromatic N) is 4. The van der Waals surface area contributed by atoms with Gasteiger partial charge < -0.3 is 0 Å². The van der Waals surface area contributed by atoms with Gasteiger partial charge in [-0.25, -0.2) is 0 Å². The highest BCUT2D eigenvalue weighted by molar-refractivity contribution is 6.24. The van der Waals surface area contributed by atoms with Crippen LogP contribution in [-0.4, -0.2) is 20.5 Å². The summed E-state index contributed by atoms with van der Waals surface area (Å²) >= 11 is 0. The summed E-state index contributed by atoms with van der Waals surface area (Å²) in [5, 5.41) is 37.7. The first-order valence-corrected chi connectivity index (χ1v) is 8.52. The minimum atomic E-state index is -0.753. The molecule has 0 aromatic heterocycles. The second-order valence-electron chi connectivity index (χ2n) is 6.32. The van der Waals surface area contributed by atoms with Gasteiger partial charge in [0.15, 0.2) is 0 Å². The number of nitro groups is 3. The molecule has 11 nitrogen and oxygen atoms in total. The minimum Gasteiger partial charge on any atom is -0.271 e. The van der Waals surface area contributed by atoms with Crippen LogP contribution in [0.25, 0.3) is 11.1 Å². The van der Waals surface area contributed by atoms with E-state index in [9.17, 15) is 30.3 Å². The number of hydrogen-bond acceptors (Lipinski definition) is 8. The van der Waals surface area contributed by atoms with Gasteiger partial charge in [0.05, 0.1) is 26.5 Å². The number of hydrogen-bond donors (Lipinski definition) is 1. The van der Waals surface area contributed by atoms with Crippen LogP contribution in [0.3, 0.4) is 0 Å². The summed E-state index contributed by atoms with van der Waals surface area (Å²) in [7, 11) is 0. The second kappa shape index (κ2) is 7.05. The molecular formula is C19H11N5O6. The van der Waals surface area contributed by atoms with Crippen LogP contribution >= 0.6 is 0 Å². The number of benzene rings is 3. The average Bonchev–Trinajstić information content (AvgIpc) is 3.05. The third kappa shape index (κ3) is 3.09. The van der Waals surface area contributed by atoms with E-state index in [0.29, 0.717) is 16.8 Å². The van der Waals surface area contributed by atoms with Gasteiger partial charge in [-0.15, -0.1) is 0 Å². The zero-order chi connectivity index (χ0) is 21.4. The molecule has 0 radical (unpaired) electrons. The summed E-state index contributed by atoms with van der Waals surface area (Å²) in [6, 6.07) is 14.8. The number of hydrazone groups is 1. The van der Waals surface area contributed by atoms with Crippen molar-refractivity contribution >= 4 is 28.5 Å². The fourth-order valence-corrected chi connectivity index (χ4v) is 3.26. The molecule has 0 spiro atoms. The SMILES string of the molecule is O=[N+]([O-])c1ccc2c(c1)C(=NNc1ccc([N+](=O)[O-])cc1[N+](=O)[O-])c1ccccc1-2. The Morgan fingerprint density at radius 3 is 1.93 bits per heavy atom. The molecule has 0 saturated heterocycles. The molecule has 3 aromatic rings. The Balaban J connectivity index is 1.82. The number of nitrogens with one attached hydrogen (secondary N) is 1. The highest BCUT2D eigenvalue weighted by atomic mass is 16.6. The number of non-ortho nitro benzene ring substituents is 2. The van der Waals surface area contributed by atoms with Crippen LogP contribution in [0.5, 0.6) is 0 Å². The second-order valence-corrected chi connectivity index (χ2v) is 6.32. The Morgan fingerprint density at radius 1 is 0.667 bits per heavy atom. The van der Waals surface area contributed by atoms with E-state index in [1.165, 1.54) is 18.2 Å². The van der Waals surface area contributed by atoms with Crippen molar-refractivity contribution in [1.82, 2.24) is 0 Å². The third-order valence-electron chi connectivity index (χ3n) is 4.62. The summed E-state index contributed by atoms with van der Waals surface area (Å²) in [6.07, 6.45) is 0. The van der Waals surface area contributed by atoms with Gasteiger partial charge in [0.2, 0.25) is 0 Å². The number of fused-ring (bicyclic) bond motifs is 3. The molecule has 0 unspecified atom stereocenters. The molecule has 1 aliphatic rings. The molecule has 3 aromatic carbocycles. The number of anilines is 1. The maximum Gasteiger partial charge on any atom is 0.301 e. The summed E-state index contributed by atoms with van der Waals surface area (Å²) < 4.78 is 0. The Labute approximate surface area is 167 Å². The van der Waals surface area contributed by atoms with Crippen molar-refractivity contribution in [3.05, 3.63) is 102 Å². The van der Waals surface area contributed by atoms with Crippen molar-refractivity contribution < 1.29 is 14.8 Å². The smallest absolute Gasteiger partial charge is 0.271 e. The van der Waals surface area contributed by atoms with E-state index in [0.717, 1.165) is 23.3 Å². The molecule has 11 heteroatoms. The van der Waals surface area contributed by atoms with Crippen molar-refractivity contribution in [1.29, 1.82) is 0 Å². The minimum absolute atomic E-state index is 0.0468. The van der Waals surface area contributed by atoms with E-state index in [1.54, 1.807) is 18.2 Å². The van der Waals surface area contributed by atoms with Crippen LogP contribution in [0.4, 0.5) is 22.7 Å². The van der Waals surface area contributed by atoms with E-state index < -0.39 is 26.1 Å². The largest absolute Gasteiger partial charge is 0.301 e. The summed E-state index contributed by atoms with van der Waals surface area (Å²) in [4.78, 5) is 31.4. The van der Waals surface area contributed by atoms with Gasteiger partial charge >= 0.3 is 5.69 Å². The van der Waals surface area contributed by atoms with Gasteiger partial charge in [0.1, 0.15) is 5.69 Å². The fraction of sp³-hybridized carbons (Fsp3) is 0. The molecule has 0 amide bonds. The Bertz CT molecular complexity index is 1270. The maximum atomic E-state index is 11.3. The number of nitro benzene ring substituents is 3. The molecule has 0 bridgehead atoms. The Hall–Kier alpha value is -4.67. The zero-order valence-electron chi connectivity index (χ0n) is 15.0. The molecule has 1 aliphatic carbocycles. The van der Waals surface area contributed by atoms with Crippen molar-refractivity contribution in [2.45, 2.75) is 0 Å². The van der Waals surface area contributed by atoms with Gasteiger partial charge in [-0.2, -0.15) is 5.10 Å². The van der Waals surface area contributed by atoms with E-state index >= 15 is 0 Å². The van der Waals surface area contributed by atoms with Crippen molar-refractivity contribution in [3.8, 4) is 11.1 Å². The van der Waals surface area contributed by atoms with Gasteiger partial charge in [-0.05, 0) is 23.3 Å². The first-order chi connectivity index (χ1) is 14.4. The van der Waals surface area contributed by atoms with E-state index in [1.807, 2.05) is 12.1 Å². The van der Waals surface area contributed by atoms with Gasteiger partial charge in [-0.1, -0.05) is 24.3 Å². The first-order valence-electron chi connectivity index (χ1n) is 8.52. The summed E-state index contributed by atoms with van der Waals surface area (Å²) in [6.45, 7) is 0. The van der Waals surface area contributed by atoms with Gasteiger partial charge in [0.25, 0.3) is 11.4 Å². The highest BCUT2D eigenvalue weighted by Gasteiger charge is 2.27. The maximum absolute atomic E-state index is 11.3. The van der Waals surface area contributed by atoms with E-state index in [2.05, 4.69) is 10.5 Å². The Morgan fingerprint density at radius 2 is 1.27 bits per heavy atom. The molecule has 0 heterocycles. The Kier molecular flexibility index (Phi) is 4.39. The molecule has 1 N–H and O–H groups in total. The number of rotatable bonds is 5. The topological polar surface area (TPSA) is 154 Å². The molecule has 0 atom stereocenters. The average molecular weight is 405 g/mol. The van der Waals surface area contributed by atoms with E-state index in [4.69, 9.17) is 0 Å². The van der Waals surface area contributed by atoms with Crippen molar-refractivity contribution in [2.24, 2.45) is 5.10 Å². The van der Waals surface area contributed by atoms with Crippen LogP contribution in [-0.2, 0) is 0 Å². The zero-order valence-corrected chi connectivity index (χ0v) is 15.0. The molecule has 148 valence electrons. The van der Waals surface area contributed by atoms with Crippen LogP contribution in [0.1, 0.15) is 11.1 Å². The lowest BCUT2D eigenvalue weighted by Gasteiger charge is -2.05. The van der Waals surface area contributed by atoms with Crippen LogP contribution in [0.2, 0.25) is 0 Å².